The Labute approximate surface area is 126 Å². The summed E-state index contributed by atoms with van der Waals surface area (Å²) in [7, 11) is 1.66. The predicted octanol–water partition coefficient (Wildman–Crippen LogP) is 3.51. The first-order valence-electron chi connectivity index (χ1n) is 7.44. The van der Waals surface area contributed by atoms with E-state index in [4.69, 9.17) is 4.74 Å². The number of ether oxygens (including phenoxy) is 1. The minimum Gasteiger partial charge on any atom is -0.497 e. The second-order valence-electron chi connectivity index (χ2n) is 6.76. The second kappa shape index (κ2) is 5.58. The van der Waals surface area contributed by atoms with Crippen LogP contribution >= 0.6 is 0 Å². The van der Waals surface area contributed by atoms with Gasteiger partial charge in [0.1, 0.15) is 5.75 Å². The maximum absolute atomic E-state index is 11.4. The molecular weight excluding hydrogens is 266 g/mol. The first kappa shape index (κ1) is 15.7. The van der Waals surface area contributed by atoms with Gasteiger partial charge in [0, 0.05) is 24.2 Å². The number of hydrogen-bond donors (Lipinski definition) is 1. The first-order valence-corrected chi connectivity index (χ1v) is 7.44. The lowest BCUT2D eigenvalue weighted by Gasteiger charge is -2.26. The molecule has 4 nitrogen and oxygen atoms in total. The Morgan fingerprint density at radius 2 is 2.14 bits per heavy atom. The van der Waals surface area contributed by atoms with Gasteiger partial charge in [0.15, 0.2) is 0 Å². The van der Waals surface area contributed by atoms with Crippen LogP contribution in [-0.4, -0.2) is 30.8 Å². The fourth-order valence-electron chi connectivity index (χ4n) is 3.05. The molecule has 1 aromatic rings. The Hall–Kier alpha value is -1.71. The third-order valence-corrected chi connectivity index (χ3v) is 4.36. The summed E-state index contributed by atoms with van der Waals surface area (Å²) < 4.78 is 5.33. The zero-order chi connectivity index (χ0) is 15.8. The van der Waals surface area contributed by atoms with E-state index in [1.54, 1.807) is 21.0 Å². The van der Waals surface area contributed by atoms with Crippen LogP contribution in [0.3, 0.4) is 0 Å². The third kappa shape index (κ3) is 2.99. The molecule has 1 aliphatic rings. The van der Waals surface area contributed by atoms with Crippen molar-refractivity contribution in [2.75, 3.05) is 18.6 Å². The van der Waals surface area contributed by atoms with E-state index < -0.39 is 11.4 Å². The van der Waals surface area contributed by atoms with Crippen LogP contribution in [0.1, 0.15) is 45.6 Å². The molecule has 1 atom stereocenters. The Balaban J connectivity index is 2.36. The van der Waals surface area contributed by atoms with Crippen molar-refractivity contribution in [3.63, 3.8) is 0 Å². The number of carbonyl (C=O) groups is 1. The number of benzene rings is 1. The smallest absolute Gasteiger partial charge is 0.309 e. The lowest BCUT2D eigenvalue weighted by molar-refractivity contribution is -0.147. The van der Waals surface area contributed by atoms with Gasteiger partial charge in [-0.1, -0.05) is 0 Å². The molecule has 0 saturated heterocycles. The molecule has 0 bridgehead atoms. The summed E-state index contributed by atoms with van der Waals surface area (Å²) in [5.74, 6) is 0.316. The fraction of sp³-hybridized carbons (Fsp3) is 0.588. The second-order valence-corrected chi connectivity index (χ2v) is 6.76. The van der Waals surface area contributed by atoms with Crippen molar-refractivity contribution in [3.8, 4) is 5.75 Å². The standard InChI is InChI=1S/C17H25NO3/c1-11(2)18-10-12(9-17(3,4)16(19)20)14-8-13(21-5)6-7-15(14)18/h6-8,11-12H,9-10H2,1-5H3,(H,19,20). The SMILES string of the molecule is COc1ccc2c(c1)C(CC(C)(C)C(=O)O)CN2C(C)C. The molecule has 1 heterocycles. The van der Waals surface area contributed by atoms with Crippen molar-refractivity contribution >= 4 is 11.7 Å². The highest BCUT2D eigenvalue weighted by molar-refractivity contribution is 5.74. The third-order valence-electron chi connectivity index (χ3n) is 4.36. The molecule has 0 radical (unpaired) electrons. The van der Waals surface area contributed by atoms with Gasteiger partial charge in [-0.25, -0.2) is 0 Å². The van der Waals surface area contributed by atoms with Gasteiger partial charge in [0.05, 0.1) is 12.5 Å². The molecule has 2 rings (SSSR count). The molecule has 1 unspecified atom stereocenters. The average Bonchev–Trinajstić information content (AvgIpc) is 2.76. The normalized spacial score (nSPS) is 18.0. The molecule has 0 amide bonds. The number of methoxy groups -OCH3 is 1. The molecule has 0 fully saturated rings. The zero-order valence-electron chi connectivity index (χ0n) is 13.5. The van der Waals surface area contributed by atoms with Crippen LogP contribution in [0.15, 0.2) is 18.2 Å². The van der Waals surface area contributed by atoms with E-state index in [-0.39, 0.29) is 5.92 Å². The van der Waals surface area contributed by atoms with Crippen LogP contribution < -0.4 is 9.64 Å². The van der Waals surface area contributed by atoms with Gasteiger partial charge in [0.25, 0.3) is 0 Å². The molecule has 4 heteroatoms. The summed E-state index contributed by atoms with van der Waals surface area (Å²) in [6, 6.07) is 6.51. The number of anilines is 1. The first-order chi connectivity index (χ1) is 9.76. The van der Waals surface area contributed by atoms with E-state index in [1.165, 1.54) is 11.3 Å². The molecule has 0 saturated carbocycles. The summed E-state index contributed by atoms with van der Waals surface area (Å²) in [4.78, 5) is 13.8. The van der Waals surface area contributed by atoms with E-state index in [9.17, 15) is 9.90 Å². The van der Waals surface area contributed by atoms with Gasteiger partial charge in [-0.2, -0.15) is 0 Å². The maximum atomic E-state index is 11.4. The molecule has 0 spiro atoms. The molecule has 1 N–H and O–H groups in total. The highest BCUT2D eigenvalue weighted by atomic mass is 16.5. The molecule has 116 valence electrons. The van der Waals surface area contributed by atoms with E-state index in [0.29, 0.717) is 12.5 Å². The quantitative estimate of drug-likeness (QED) is 0.902. The number of fused-ring (bicyclic) bond motifs is 1. The number of nitrogens with zero attached hydrogens (tertiary/aromatic N) is 1. The maximum Gasteiger partial charge on any atom is 0.309 e. The van der Waals surface area contributed by atoms with Gasteiger partial charge >= 0.3 is 5.97 Å². The van der Waals surface area contributed by atoms with Crippen molar-refractivity contribution in [1.29, 1.82) is 0 Å². The lowest BCUT2D eigenvalue weighted by atomic mass is 9.81. The fourth-order valence-corrected chi connectivity index (χ4v) is 3.05. The Bertz CT molecular complexity index is 537. The van der Waals surface area contributed by atoms with Gasteiger partial charge < -0.3 is 14.7 Å². The predicted molar refractivity (Wildman–Crippen MR) is 84.3 cm³/mol. The van der Waals surface area contributed by atoms with Crippen molar-refractivity contribution < 1.29 is 14.6 Å². The molecule has 21 heavy (non-hydrogen) atoms. The van der Waals surface area contributed by atoms with Gasteiger partial charge in [-0.3, -0.25) is 4.79 Å². The van der Waals surface area contributed by atoms with E-state index in [2.05, 4.69) is 30.9 Å². The lowest BCUT2D eigenvalue weighted by Crippen LogP contribution is -2.32. The highest BCUT2D eigenvalue weighted by Gasteiger charge is 2.37. The van der Waals surface area contributed by atoms with Crippen molar-refractivity contribution in [1.82, 2.24) is 0 Å². The molecule has 1 aliphatic heterocycles. The van der Waals surface area contributed by atoms with Crippen molar-refractivity contribution in [2.24, 2.45) is 5.41 Å². The minimum atomic E-state index is -0.741. The number of rotatable bonds is 5. The number of hydrogen-bond acceptors (Lipinski definition) is 3. The zero-order valence-corrected chi connectivity index (χ0v) is 13.5. The summed E-state index contributed by atoms with van der Waals surface area (Å²) in [6.07, 6.45) is 0.631. The topological polar surface area (TPSA) is 49.8 Å². The Morgan fingerprint density at radius 3 is 2.67 bits per heavy atom. The van der Waals surface area contributed by atoms with Gasteiger partial charge in [0.2, 0.25) is 0 Å². The summed E-state index contributed by atoms with van der Waals surface area (Å²) >= 11 is 0. The van der Waals surface area contributed by atoms with Crippen LogP contribution in [0.2, 0.25) is 0 Å². The van der Waals surface area contributed by atoms with Crippen LogP contribution in [0.5, 0.6) is 5.75 Å². The minimum absolute atomic E-state index is 0.226. The van der Waals surface area contributed by atoms with Crippen LogP contribution in [0.4, 0.5) is 5.69 Å². The Kier molecular flexibility index (Phi) is 4.17. The van der Waals surface area contributed by atoms with E-state index >= 15 is 0 Å². The largest absolute Gasteiger partial charge is 0.497 e. The summed E-state index contributed by atoms with van der Waals surface area (Å²) in [6.45, 7) is 8.80. The molecule has 0 aliphatic carbocycles. The van der Waals surface area contributed by atoms with Gasteiger partial charge in [-0.05, 0) is 57.9 Å². The number of carboxylic acid groups (broad SMARTS) is 1. The summed E-state index contributed by atoms with van der Waals surface area (Å²) in [5.41, 5.74) is 1.69. The molecule has 0 aromatic heterocycles. The molecular formula is C17H25NO3. The van der Waals surface area contributed by atoms with Crippen LogP contribution in [-0.2, 0) is 4.79 Å². The van der Waals surface area contributed by atoms with Gasteiger partial charge in [-0.15, -0.1) is 0 Å². The van der Waals surface area contributed by atoms with E-state index in [1.807, 2.05) is 6.07 Å². The van der Waals surface area contributed by atoms with Crippen molar-refractivity contribution in [3.05, 3.63) is 23.8 Å². The van der Waals surface area contributed by atoms with E-state index in [0.717, 1.165) is 12.3 Å². The number of carboxylic acids is 1. The summed E-state index contributed by atoms with van der Waals surface area (Å²) in [5, 5.41) is 9.39. The monoisotopic (exact) mass is 291 g/mol. The molecule has 1 aromatic carbocycles. The van der Waals surface area contributed by atoms with Crippen LogP contribution in [0.25, 0.3) is 0 Å². The van der Waals surface area contributed by atoms with Crippen molar-refractivity contribution in [2.45, 2.75) is 46.1 Å². The number of aliphatic carboxylic acids is 1. The highest BCUT2D eigenvalue weighted by Crippen LogP contribution is 2.44. The van der Waals surface area contributed by atoms with Crippen LogP contribution in [0, 0.1) is 5.41 Å². The Morgan fingerprint density at radius 1 is 1.48 bits per heavy atom. The average molecular weight is 291 g/mol.